The van der Waals surface area contributed by atoms with Crippen LogP contribution in [0.25, 0.3) is 0 Å². The smallest absolute Gasteiger partial charge is 0.272 e. The first-order chi connectivity index (χ1) is 5.99. The van der Waals surface area contributed by atoms with Crippen LogP contribution in [0.15, 0.2) is 0 Å². The maximum Gasteiger partial charge on any atom is 0.272 e. The Morgan fingerprint density at radius 2 is 2.23 bits per heavy atom. The molecular weight excluding hydrogens is 170 g/mol. The molecule has 1 saturated heterocycles. The molecule has 0 aromatic rings. The number of ether oxygens (including phenoxy) is 1. The van der Waals surface area contributed by atoms with Crippen molar-refractivity contribution >= 4 is 5.91 Å². The Morgan fingerprint density at radius 1 is 1.54 bits per heavy atom. The van der Waals surface area contributed by atoms with E-state index in [1.807, 2.05) is 20.8 Å². The van der Waals surface area contributed by atoms with E-state index in [0.29, 0.717) is 6.61 Å². The van der Waals surface area contributed by atoms with Crippen LogP contribution in [-0.4, -0.2) is 24.2 Å². The number of rotatable bonds is 2. The third-order valence-corrected chi connectivity index (χ3v) is 1.68. The molecular formula is C9H17NO3. The van der Waals surface area contributed by atoms with Crippen molar-refractivity contribution in [3.63, 3.8) is 0 Å². The number of hydrogen-bond donors (Lipinski definition) is 1. The summed E-state index contributed by atoms with van der Waals surface area (Å²) in [5, 5.41) is 0. The van der Waals surface area contributed by atoms with Gasteiger partial charge in [-0.05, 0) is 33.6 Å². The first-order valence-corrected chi connectivity index (χ1v) is 4.58. The van der Waals surface area contributed by atoms with E-state index in [1.165, 1.54) is 0 Å². The molecule has 0 aromatic carbocycles. The van der Waals surface area contributed by atoms with E-state index in [2.05, 4.69) is 5.48 Å². The van der Waals surface area contributed by atoms with Crippen LogP contribution < -0.4 is 5.48 Å². The minimum Gasteiger partial charge on any atom is -0.368 e. The number of nitrogens with one attached hydrogen (secondary N) is 1. The highest BCUT2D eigenvalue weighted by Crippen LogP contribution is 2.12. The molecule has 1 N–H and O–H groups in total. The van der Waals surface area contributed by atoms with Gasteiger partial charge in [0.25, 0.3) is 5.91 Å². The molecule has 1 amide bonds. The third kappa shape index (κ3) is 3.74. The van der Waals surface area contributed by atoms with E-state index >= 15 is 0 Å². The predicted octanol–water partition coefficient (Wildman–Crippen LogP) is 1.01. The van der Waals surface area contributed by atoms with Crippen LogP contribution >= 0.6 is 0 Å². The van der Waals surface area contributed by atoms with Crippen LogP contribution in [-0.2, 0) is 14.4 Å². The monoisotopic (exact) mass is 187 g/mol. The Labute approximate surface area is 78.5 Å². The number of hydrogen-bond acceptors (Lipinski definition) is 3. The zero-order valence-corrected chi connectivity index (χ0v) is 8.42. The summed E-state index contributed by atoms with van der Waals surface area (Å²) < 4.78 is 5.19. The van der Waals surface area contributed by atoms with Gasteiger partial charge in [-0.3, -0.25) is 9.63 Å². The van der Waals surface area contributed by atoms with Crippen molar-refractivity contribution in [2.75, 3.05) is 6.61 Å². The molecule has 13 heavy (non-hydrogen) atoms. The molecule has 0 bridgehead atoms. The van der Waals surface area contributed by atoms with E-state index in [0.717, 1.165) is 12.8 Å². The van der Waals surface area contributed by atoms with Crippen LogP contribution in [0.5, 0.6) is 0 Å². The fourth-order valence-corrected chi connectivity index (χ4v) is 1.05. The predicted molar refractivity (Wildman–Crippen MR) is 48.0 cm³/mol. The third-order valence-electron chi connectivity index (χ3n) is 1.68. The zero-order chi connectivity index (χ0) is 9.90. The maximum atomic E-state index is 11.3. The maximum absolute atomic E-state index is 11.3. The molecule has 1 aliphatic heterocycles. The summed E-state index contributed by atoms with van der Waals surface area (Å²) in [6.45, 7) is 6.31. The van der Waals surface area contributed by atoms with Gasteiger partial charge < -0.3 is 4.74 Å². The first-order valence-electron chi connectivity index (χ1n) is 4.58. The quantitative estimate of drug-likeness (QED) is 0.656. The highest BCUT2D eigenvalue weighted by molar-refractivity contribution is 5.79. The van der Waals surface area contributed by atoms with Crippen molar-refractivity contribution in [3.05, 3.63) is 0 Å². The number of amides is 1. The van der Waals surface area contributed by atoms with Crippen LogP contribution in [0.3, 0.4) is 0 Å². The SMILES string of the molecule is CC(C)(C)ONC(=O)C1CCCO1. The molecule has 1 fully saturated rings. The first kappa shape index (κ1) is 10.5. The van der Waals surface area contributed by atoms with Crippen molar-refractivity contribution < 1.29 is 14.4 Å². The minimum absolute atomic E-state index is 0.174. The van der Waals surface area contributed by atoms with E-state index in [9.17, 15) is 4.79 Å². The Bertz CT molecular complexity index is 180. The van der Waals surface area contributed by atoms with Crippen LogP contribution in [0.2, 0.25) is 0 Å². The summed E-state index contributed by atoms with van der Waals surface area (Å²) in [5.74, 6) is -0.174. The molecule has 0 aliphatic carbocycles. The number of hydroxylamine groups is 1. The van der Waals surface area contributed by atoms with Gasteiger partial charge in [-0.25, -0.2) is 5.48 Å². The van der Waals surface area contributed by atoms with Gasteiger partial charge in [0, 0.05) is 6.61 Å². The van der Waals surface area contributed by atoms with E-state index in [4.69, 9.17) is 9.57 Å². The molecule has 0 aromatic heterocycles. The molecule has 4 nitrogen and oxygen atoms in total. The number of carbonyl (C=O) groups is 1. The van der Waals surface area contributed by atoms with Gasteiger partial charge in [-0.1, -0.05) is 0 Å². The summed E-state index contributed by atoms with van der Waals surface area (Å²) >= 11 is 0. The second kappa shape index (κ2) is 4.07. The topological polar surface area (TPSA) is 47.6 Å². The normalized spacial score (nSPS) is 23.2. The molecule has 1 aliphatic rings. The molecule has 0 spiro atoms. The van der Waals surface area contributed by atoms with Crippen LogP contribution in [0, 0.1) is 0 Å². The van der Waals surface area contributed by atoms with Crippen molar-refractivity contribution in [1.29, 1.82) is 0 Å². The highest BCUT2D eigenvalue weighted by atomic mass is 16.7. The lowest BCUT2D eigenvalue weighted by molar-refractivity contribution is -0.154. The zero-order valence-electron chi connectivity index (χ0n) is 8.42. The van der Waals surface area contributed by atoms with Gasteiger partial charge in [-0.2, -0.15) is 0 Å². The average molecular weight is 187 g/mol. The van der Waals surface area contributed by atoms with Crippen LogP contribution in [0.1, 0.15) is 33.6 Å². The highest BCUT2D eigenvalue weighted by Gasteiger charge is 2.24. The van der Waals surface area contributed by atoms with Gasteiger partial charge in [0.2, 0.25) is 0 Å². The molecule has 1 unspecified atom stereocenters. The van der Waals surface area contributed by atoms with Gasteiger partial charge in [0.1, 0.15) is 6.10 Å². The Morgan fingerprint density at radius 3 is 2.69 bits per heavy atom. The Kier molecular flexibility index (Phi) is 3.27. The van der Waals surface area contributed by atoms with Gasteiger partial charge in [0.15, 0.2) is 0 Å². The van der Waals surface area contributed by atoms with Gasteiger partial charge >= 0.3 is 0 Å². The average Bonchev–Trinajstić information content (AvgIpc) is 2.50. The largest absolute Gasteiger partial charge is 0.368 e. The second-order valence-electron chi connectivity index (χ2n) is 4.18. The molecule has 1 heterocycles. The van der Waals surface area contributed by atoms with Crippen molar-refractivity contribution in [1.82, 2.24) is 5.48 Å². The summed E-state index contributed by atoms with van der Waals surface area (Å²) in [6, 6.07) is 0. The van der Waals surface area contributed by atoms with E-state index < -0.39 is 0 Å². The summed E-state index contributed by atoms with van der Waals surface area (Å²) in [4.78, 5) is 16.5. The molecule has 1 rings (SSSR count). The summed E-state index contributed by atoms with van der Waals surface area (Å²) in [7, 11) is 0. The van der Waals surface area contributed by atoms with Gasteiger partial charge in [-0.15, -0.1) is 0 Å². The molecule has 1 atom stereocenters. The second-order valence-corrected chi connectivity index (χ2v) is 4.18. The lowest BCUT2D eigenvalue weighted by Gasteiger charge is -2.20. The molecule has 4 heteroatoms. The van der Waals surface area contributed by atoms with E-state index in [1.54, 1.807) is 0 Å². The van der Waals surface area contributed by atoms with Crippen molar-refractivity contribution in [2.24, 2.45) is 0 Å². The van der Waals surface area contributed by atoms with Gasteiger partial charge in [0.05, 0.1) is 5.60 Å². The fraction of sp³-hybridized carbons (Fsp3) is 0.889. The lowest BCUT2D eigenvalue weighted by atomic mass is 10.2. The lowest BCUT2D eigenvalue weighted by Crippen LogP contribution is -2.39. The summed E-state index contributed by atoms with van der Waals surface area (Å²) in [5.41, 5.74) is 2.05. The molecule has 0 saturated carbocycles. The standard InChI is InChI=1S/C9H17NO3/c1-9(2,3)13-10-8(11)7-5-4-6-12-7/h7H,4-6H2,1-3H3,(H,10,11). The van der Waals surface area contributed by atoms with Crippen molar-refractivity contribution in [2.45, 2.75) is 45.3 Å². The van der Waals surface area contributed by atoms with Crippen molar-refractivity contribution in [3.8, 4) is 0 Å². The van der Waals surface area contributed by atoms with Crippen LogP contribution in [0.4, 0.5) is 0 Å². The van der Waals surface area contributed by atoms with E-state index in [-0.39, 0.29) is 17.6 Å². The fourth-order valence-electron chi connectivity index (χ4n) is 1.05. The minimum atomic E-state index is -0.353. The Balaban J connectivity index is 2.25. The summed E-state index contributed by atoms with van der Waals surface area (Å²) in [6.07, 6.45) is 1.43. The molecule has 76 valence electrons. The Hall–Kier alpha value is -0.610. The molecule has 0 radical (unpaired) electrons. The number of carbonyl (C=O) groups excluding carboxylic acids is 1.